The zero-order valence-electron chi connectivity index (χ0n) is 18.5. The first-order valence-electron chi connectivity index (χ1n) is 11.5. The van der Waals surface area contributed by atoms with Gasteiger partial charge in [-0.15, -0.1) is 0 Å². The van der Waals surface area contributed by atoms with Gasteiger partial charge in [-0.05, 0) is 56.4 Å². The second kappa shape index (κ2) is 8.90. The number of hydrogen-bond donors (Lipinski definition) is 0. The molecule has 4 rings (SSSR count). The van der Waals surface area contributed by atoms with Crippen LogP contribution in [0.25, 0.3) is 0 Å². The van der Waals surface area contributed by atoms with Crippen LogP contribution in [-0.2, 0) is 19.6 Å². The van der Waals surface area contributed by atoms with Gasteiger partial charge in [0.2, 0.25) is 11.8 Å². The molecule has 1 aromatic carbocycles. The second-order valence-electron chi connectivity index (χ2n) is 9.15. The molecule has 0 unspecified atom stereocenters. The Kier molecular flexibility index (Phi) is 6.40. The smallest absolute Gasteiger partial charge is 0.267 e. The number of aryl methyl sites for hydroxylation is 2. The predicted octanol–water partition coefficient (Wildman–Crippen LogP) is 2.46. The average Bonchev–Trinajstić information content (AvgIpc) is 3.18. The highest BCUT2D eigenvalue weighted by atomic mass is 32.2. The van der Waals surface area contributed by atoms with E-state index in [2.05, 4.69) is 4.90 Å². The van der Waals surface area contributed by atoms with Gasteiger partial charge in [0.25, 0.3) is 10.0 Å². The molecule has 3 fully saturated rings. The van der Waals surface area contributed by atoms with E-state index in [0.29, 0.717) is 19.1 Å². The van der Waals surface area contributed by atoms with Gasteiger partial charge in [-0.25, -0.2) is 12.7 Å². The first kappa shape index (κ1) is 22.3. The number of carbonyl (C=O) groups is 2. The van der Waals surface area contributed by atoms with Crippen LogP contribution in [0.4, 0.5) is 0 Å². The molecule has 0 N–H and O–H groups in total. The Hall–Kier alpha value is -1.93. The average molecular weight is 448 g/mol. The Morgan fingerprint density at radius 3 is 2.26 bits per heavy atom. The summed E-state index contributed by atoms with van der Waals surface area (Å²) < 4.78 is 27.4. The third-order valence-electron chi connectivity index (χ3n) is 7.20. The van der Waals surface area contributed by atoms with Crippen molar-refractivity contribution in [1.82, 2.24) is 14.1 Å². The van der Waals surface area contributed by atoms with Crippen molar-refractivity contribution in [1.29, 1.82) is 0 Å². The third kappa shape index (κ3) is 4.37. The number of nitrogens with zero attached hydrogens (tertiary/aromatic N) is 3. The second-order valence-corrected chi connectivity index (χ2v) is 11.0. The van der Waals surface area contributed by atoms with Crippen LogP contribution in [0.5, 0.6) is 0 Å². The van der Waals surface area contributed by atoms with Crippen molar-refractivity contribution in [3.63, 3.8) is 0 Å². The first-order chi connectivity index (χ1) is 14.8. The SMILES string of the molecule is Cc1ccc(S(=O)(=O)N2C(=O)CC[C@@H]2C(=O)N2CCN(C3CCCCC3)CC2)cc1C. The third-order valence-corrected chi connectivity index (χ3v) is 9.02. The summed E-state index contributed by atoms with van der Waals surface area (Å²) in [5.74, 6) is -0.723. The minimum atomic E-state index is -4.06. The van der Waals surface area contributed by atoms with Gasteiger partial charge < -0.3 is 4.90 Å². The number of amides is 2. The molecule has 3 aliphatic rings. The van der Waals surface area contributed by atoms with Crippen molar-refractivity contribution < 1.29 is 18.0 Å². The molecular formula is C23H33N3O4S. The molecule has 0 aromatic heterocycles. The lowest BCUT2D eigenvalue weighted by Gasteiger charge is -2.41. The summed E-state index contributed by atoms with van der Waals surface area (Å²) in [5, 5.41) is 0. The molecule has 2 heterocycles. The van der Waals surface area contributed by atoms with Crippen LogP contribution >= 0.6 is 0 Å². The fraction of sp³-hybridized carbons (Fsp3) is 0.652. The van der Waals surface area contributed by atoms with Gasteiger partial charge in [0.15, 0.2) is 0 Å². The van der Waals surface area contributed by atoms with Crippen molar-refractivity contribution in [3.8, 4) is 0 Å². The van der Waals surface area contributed by atoms with Crippen LogP contribution in [0.1, 0.15) is 56.1 Å². The molecule has 1 aromatic rings. The van der Waals surface area contributed by atoms with E-state index in [1.54, 1.807) is 17.0 Å². The normalized spacial score (nSPS) is 24.1. The summed E-state index contributed by atoms with van der Waals surface area (Å²) in [6.07, 6.45) is 6.67. The van der Waals surface area contributed by atoms with Crippen molar-refractivity contribution >= 4 is 21.8 Å². The Morgan fingerprint density at radius 2 is 1.61 bits per heavy atom. The fourth-order valence-electron chi connectivity index (χ4n) is 5.14. The van der Waals surface area contributed by atoms with E-state index < -0.39 is 22.0 Å². The van der Waals surface area contributed by atoms with Crippen molar-refractivity contribution in [3.05, 3.63) is 29.3 Å². The van der Waals surface area contributed by atoms with Gasteiger partial charge >= 0.3 is 0 Å². The van der Waals surface area contributed by atoms with E-state index in [1.165, 1.54) is 38.2 Å². The van der Waals surface area contributed by atoms with Gasteiger partial charge in [-0.3, -0.25) is 14.5 Å². The van der Waals surface area contributed by atoms with E-state index in [4.69, 9.17) is 0 Å². The largest absolute Gasteiger partial charge is 0.338 e. The van der Waals surface area contributed by atoms with Crippen LogP contribution in [0.2, 0.25) is 0 Å². The molecule has 1 aliphatic carbocycles. The number of sulfonamides is 1. The van der Waals surface area contributed by atoms with E-state index in [0.717, 1.165) is 28.5 Å². The number of rotatable bonds is 4. The Labute approximate surface area is 185 Å². The summed E-state index contributed by atoms with van der Waals surface area (Å²) >= 11 is 0. The summed E-state index contributed by atoms with van der Waals surface area (Å²) in [6, 6.07) is 4.53. The molecular weight excluding hydrogens is 414 g/mol. The molecule has 0 radical (unpaired) electrons. The molecule has 0 bridgehead atoms. The lowest BCUT2D eigenvalue weighted by Crippen LogP contribution is -2.56. The lowest BCUT2D eigenvalue weighted by atomic mass is 9.94. The van der Waals surface area contributed by atoms with Crippen LogP contribution in [0, 0.1) is 13.8 Å². The highest BCUT2D eigenvalue weighted by Crippen LogP contribution is 2.30. The van der Waals surface area contributed by atoms with Gasteiger partial charge in [0.1, 0.15) is 6.04 Å². The van der Waals surface area contributed by atoms with Gasteiger partial charge in [0, 0.05) is 38.6 Å². The summed E-state index contributed by atoms with van der Waals surface area (Å²) in [4.78, 5) is 30.2. The summed E-state index contributed by atoms with van der Waals surface area (Å²) in [7, 11) is -4.06. The van der Waals surface area contributed by atoms with Crippen molar-refractivity contribution in [2.24, 2.45) is 0 Å². The Morgan fingerprint density at radius 1 is 0.935 bits per heavy atom. The maximum Gasteiger partial charge on any atom is 0.267 e. The van der Waals surface area contributed by atoms with Gasteiger partial charge in [-0.2, -0.15) is 0 Å². The quantitative estimate of drug-likeness (QED) is 0.709. The first-order valence-corrected chi connectivity index (χ1v) is 12.9. The number of piperazine rings is 1. The summed E-state index contributed by atoms with van der Waals surface area (Å²) in [5.41, 5.74) is 1.82. The van der Waals surface area contributed by atoms with Crippen LogP contribution < -0.4 is 0 Å². The van der Waals surface area contributed by atoms with Crippen LogP contribution in [0.3, 0.4) is 0 Å². The minimum Gasteiger partial charge on any atom is -0.338 e. The minimum absolute atomic E-state index is 0.0748. The molecule has 1 saturated carbocycles. The predicted molar refractivity (Wildman–Crippen MR) is 118 cm³/mol. The van der Waals surface area contributed by atoms with Crippen molar-refractivity contribution in [2.75, 3.05) is 26.2 Å². The number of carbonyl (C=O) groups excluding carboxylic acids is 2. The zero-order chi connectivity index (χ0) is 22.2. The molecule has 0 spiro atoms. The van der Waals surface area contributed by atoms with Crippen LogP contribution in [0.15, 0.2) is 23.1 Å². The molecule has 31 heavy (non-hydrogen) atoms. The Balaban J connectivity index is 1.47. The molecule has 7 nitrogen and oxygen atoms in total. The maximum absolute atomic E-state index is 13.3. The standard InChI is InChI=1S/C23H33N3O4S/c1-17-8-9-20(16-18(17)2)31(29,30)26-21(10-11-22(26)27)23(28)25-14-12-24(13-15-25)19-6-4-3-5-7-19/h8-9,16,19,21H,3-7,10-15H2,1-2H3/t21-/m1/s1. The summed E-state index contributed by atoms with van der Waals surface area (Å²) in [6.45, 7) is 6.58. The van der Waals surface area contributed by atoms with Crippen LogP contribution in [-0.4, -0.2) is 72.6 Å². The number of benzene rings is 1. The molecule has 1 atom stereocenters. The molecule has 2 aliphatic heterocycles. The van der Waals surface area contributed by atoms with E-state index in [1.807, 2.05) is 13.8 Å². The maximum atomic E-state index is 13.3. The monoisotopic (exact) mass is 447 g/mol. The van der Waals surface area contributed by atoms with E-state index in [-0.39, 0.29) is 23.6 Å². The molecule has 170 valence electrons. The fourth-order valence-corrected chi connectivity index (χ4v) is 6.82. The van der Waals surface area contributed by atoms with Crippen molar-refractivity contribution in [2.45, 2.75) is 75.8 Å². The highest BCUT2D eigenvalue weighted by molar-refractivity contribution is 7.89. The zero-order valence-corrected chi connectivity index (χ0v) is 19.4. The molecule has 2 saturated heterocycles. The van der Waals surface area contributed by atoms with E-state index >= 15 is 0 Å². The molecule has 8 heteroatoms. The topological polar surface area (TPSA) is 78.0 Å². The lowest BCUT2D eigenvalue weighted by molar-refractivity contribution is -0.139. The highest BCUT2D eigenvalue weighted by Gasteiger charge is 2.46. The van der Waals surface area contributed by atoms with E-state index in [9.17, 15) is 18.0 Å². The molecule has 2 amide bonds. The Bertz CT molecular complexity index is 948. The van der Waals surface area contributed by atoms with Gasteiger partial charge in [-0.1, -0.05) is 25.3 Å². The van der Waals surface area contributed by atoms with Gasteiger partial charge in [0.05, 0.1) is 4.90 Å². The number of hydrogen-bond acceptors (Lipinski definition) is 5.